The number of methoxy groups -OCH3 is 1. The third kappa shape index (κ3) is 5.30. The molecule has 1 heterocycles. The average molecular weight is 412 g/mol. The van der Waals surface area contributed by atoms with Crippen LogP contribution >= 0.6 is 0 Å². The Morgan fingerprint density at radius 1 is 1.03 bits per heavy atom. The number of benzene rings is 2. The van der Waals surface area contributed by atoms with Crippen LogP contribution in [0.2, 0.25) is 0 Å². The number of amides is 2. The van der Waals surface area contributed by atoms with E-state index in [2.05, 4.69) is 10.2 Å². The number of hydrogen-bond acceptors (Lipinski definition) is 5. The van der Waals surface area contributed by atoms with Gasteiger partial charge >= 0.3 is 0 Å². The standard InChI is InChI=1S/C23H29N3O4/c1-4-17-7-5-6-8-20(17)30-16-22(27)24-19-15-18(9-10-21(19)29-3)23(28)26-13-11-25(2)12-14-26/h5-10,15H,4,11-14,16H2,1-3H3,(H,24,27). The Hall–Kier alpha value is -3.06. The fraction of sp³-hybridized carbons (Fsp3) is 0.391. The number of aryl methyl sites for hydroxylation is 1. The van der Waals surface area contributed by atoms with E-state index < -0.39 is 0 Å². The van der Waals surface area contributed by atoms with Crippen molar-refractivity contribution < 1.29 is 19.1 Å². The minimum absolute atomic E-state index is 0.0469. The van der Waals surface area contributed by atoms with E-state index in [-0.39, 0.29) is 18.4 Å². The number of likely N-dealkylation sites (N-methyl/N-ethyl adjacent to an activating group) is 1. The van der Waals surface area contributed by atoms with Crippen LogP contribution in [0.5, 0.6) is 11.5 Å². The van der Waals surface area contributed by atoms with E-state index >= 15 is 0 Å². The summed E-state index contributed by atoms with van der Waals surface area (Å²) in [5, 5.41) is 2.81. The summed E-state index contributed by atoms with van der Waals surface area (Å²) in [6, 6.07) is 12.7. The first kappa shape index (κ1) is 21.6. The van der Waals surface area contributed by atoms with Gasteiger partial charge in [0.05, 0.1) is 12.8 Å². The number of ether oxygens (including phenoxy) is 2. The topological polar surface area (TPSA) is 71.1 Å². The molecule has 7 heteroatoms. The van der Waals surface area contributed by atoms with Crippen molar-refractivity contribution in [3.05, 3.63) is 53.6 Å². The van der Waals surface area contributed by atoms with Crippen LogP contribution in [0.25, 0.3) is 0 Å². The summed E-state index contributed by atoms with van der Waals surface area (Å²) in [4.78, 5) is 29.4. The van der Waals surface area contributed by atoms with Gasteiger partial charge in [-0.15, -0.1) is 0 Å². The molecule has 3 rings (SSSR count). The molecule has 2 amide bonds. The number of carbonyl (C=O) groups is 2. The molecule has 0 spiro atoms. The fourth-order valence-electron chi connectivity index (χ4n) is 3.40. The van der Waals surface area contributed by atoms with Crippen molar-refractivity contribution in [2.45, 2.75) is 13.3 Å². The molecule has 0 aromatic heterocycles. The highest BCUT2D eigenvalue weighted by molar-refractivity contribution is 5.98. The number of anilines is 1. The molecule has 1 N–H and O–H groups in total. The molecular formula is C23H29N3O4. The van der Waals surface area contributed by atoms with Crippen molar-refractivity contribution in [3.8, 4) is 11.5 Å². The molecule has 30 heavy (non-hydrogen) atoms. The second-order valence-corrected chi connectivity index (χ2v) is 7.31. The van der Waals surface area contributed by atoms with Gasteiger partial charge in [-0.2, -0.15) is 0 Å². The predicted molar refractivity (Wildman–Crippen MR) is 116 cm³/mol. The van der Waals surface area contributed by atoms with Crippen molar-refractivity contribution >= 4 is 17.5 Å². The Kier molecular flexibility index (Phi) is 7.30. The molecule has 1 saturated heterocycles. The van der Waals surface area contributed by atoms with E-state index in [1.165, 1.54) is 7.11 Å². The number of carbonyl (C=O) groups excluding carboxylic acids is 2. The van der Waals surface area contributed by atoms with Gasteiger partial charge in [-0.05, 0) is 43.3 Å². The first-order valence-corrected chi connectivity index (χ1v) is 10.2. The SMILES string of the molecule is CCc1ccccc1OCC(=O)Nc1cc(C(=O)N2CCN(C)CC2)ccc1OC. The zero-order valence-corrected chi connectivity index (χ0v) is 17.8. The average Bonchev–Trinajstić information content (AvgIpc) is 2.78. The monoisotopic (exact) mass is 411 g/mol. The Morgan fingerprint density at radius 2 is 1.77 bits per heavy atom. The van der Waals surface area contributed by atoms with E-state index in [1.807, 2.05) is 43.1 Å². The zero-order valence-electron chi connectivity index (χ0n) is 17.8. The van der Waals surface area contributed by atoms with Crippen molar-refractivity contribution in [2.24, 2.45) is 0 Å². The summed E-state index contributed by atoms with van der Waals surface area (Å²) in [7, 11) is 3.57. The third-order valence-corrected chi connectivity index (χ3v) is 5.22. The maximum atomic E-state index is 12.9. The van der Waals surface area contributed by atoms with E-state index in [0.717, 1.165) is 25.1 Å². The lowest BCUT2D eigenvalue weighted by Gasteiger charge is -2.32. The highest BCUT2D eigenvalue weighted by Gasteiger charge is 2.21. The van der Waals surface area contributed by atoms with Crippen molar-refractivity contribution in [2.75, 3.05) is 52.3 Å². The van der Waals surface area contributed by atoms with E-state index in [1.54, 1.807) is 18.2 Å². The van der Waals surface area contributed by atoms with Crippen LogP contribution in [0.15, 0.2) is 42.5 Å². The second-order valence-electron chi connectivity index (χ2n) is 7.31. The molecule has 0 radical (unpaired) electrons. The number of piperazine rings is 1. The summed E-state index contributed by atoms with van der Waals surface area (Å²) in [5.41, 5.74) is 2.02. The van der Waals surface area contributed by atoms with Crippen LogP contribution in [0.3, 0.4) is 0 Å². The minimum Gasteiger partial charge on any atom is -0.495 e. The zero-order chi connectivity index (χ0) is 21.5. The normalized spacial score (nSPS) is 14.3. The van der Waals surface area contributed by atoms with Crippen molar-refractivity contribution in [3.63, 3.8) is 0 Å². The fourth-order valence-corrected chi connectivity index (χ4v) is 3.40. The maximum Gasteiger partial charge on any atom is 0.262 e. The quantitative estimate of drug-likeness (QED) is 0.759. The van der Waals surface area contributed by atoms with Crippen molar-refractivity contribution in [1.29, 1.82) is 0 Å². The van der Waals surface area contributed by atoms with Gasteiger partial charge in [-0.3, -0.25) is 9.59 Å². The molecule has 0 unspecified atom stereocenters. The van der Waals surface area contributed by atoms with Gasteiger partial charge in [0.25, 0.3) is 11.8 Å². The summed E-state index contributed by atoms with van der Waals surface area (Å²) in [6.07, 6.45) is 0.821. The number of nitrogens with zero attached hydrogens (tertiary/aromatic N) is 2. The Bertz CT molecular complexity index is 892. The molecule has 0 atom stereocenters. The summed E-state index contributed by atoms with van der Waals surface area (Å²) < 4.78 is 11.0. The van der Waals surface area contributed by atoms with Crippen LogP contribution in [-0.2, 0) is 11.2 Å². The van der Waals surface area contributed by atoms with E-state index in [4.69, 9.17) is 9.47 Å². The highest BCUT2D eigenvalue weighted by atomic mass is 16.5. The number of para-hydroxylation sites is 1. The van der Waals surface area contributed by atoms with Crippen LogP contribution in [0.4, 0.5) is 5.69 Å². The van der Waals surface area contributed by atoms with Gasteiger partial charge in [0.2, 0.25) is 0 Å². The molecule has 0 saturated carbocycles. The molecule has 1 aliphatic rings. The Morgan fingerprint density at radius 3 is 2.47 bits per heavy atom. The molecule has 1 aliphatic heterocycles. The van der Waals surface area contributed by atoms with Gasteiger partial charge in [-0.1, -0.05) is 25.1 Å². The molecule has 2 aromatic rings. The number of nitrogens with one attached hydrogen (secondary N) is 1. The van der Waals surface area contributed by atoms with Gasteiger partial charge < -0.3 is 24.6 Å². The smallest absolute Gasteiger partial charge is 0.262 e. The lowest BCUT2D eigenvalue weighted by Crippen LogP contribution is -2.47. The van der Waals surface area contributed by atoms with E-state index in [9.17, 15) is 9.59 Å². The van der Waals surface area contributed by atoms with Crippen molar-refractivity contribution in [1.82, 2.24) is 9.80 Å². The van der Waals surface area contributed by atoms with E-state index in [0.29, 0.717) is 35.8 Å². The number of hydrogen-bond donors (Lipinski definition) is 1. The van der Waals surface area contributed by atoms with Gasteiger partial charge in [-0.25, -0.2) is 0 Å². The molecule has 0 aliphatic carbocycles. The molecular weight excluding hydrogens is 382 g/mol. The minimum atomic E-state index is -0.316. The van der Waals surface area contributed by atoms with Gasteiger partial charge in [0, 0.05) is 31.7 Å². The van der Waals surface area contributed by atoms with Crippen LogP contribution in [0, 0.1) is 0 Å². The Labute approximate surface area is 177 Å². The first-order valence-electron chi connectivity index (χ1n) is 10.2. The van der Waals surface area contributed by atoms with Gasteiger partial charge in [0.1, 0.15) is 11.5 Å². The van der Waals surface area contributed by atoms with Crippen LogP contribution in [-0.4, -0.2) is 68.6 Å². The molecule has 160 valence electrons. The molecule has 0 bridgehead atoms. The summed E-state index contributed by atoms with van der Waals surface area (Å²) >= 11 is 0. The second kappa shape index (κ2) is 10.1. The lowest BCUT2D eigenvalue weighted by atomic mass is 10.1. The highest BCUT2D eigenvalue weighted by Crippen LogP contribution is 2.26. The Balaban J connectivity index is 1.67. The van der Waals surface area contributed by atoms with Crippen LogP contribution in [0.1, 0.15) is 22.8 Å². The largest absolute Gasteiger partial charge is 0.495 e. The summed E-state index contributed by atoms with van der Waals surface area (Å²) in [6.45, 7) is 4.98. The maximum absolute atomic E-state index is 12.9. The molecule has 1 fully saturated rings. The lowest BCUT2D eigenvalue weighted by molar-refractivity contribution is -0.118. The summed E-state index contributed by atoms with van der Waals surface area (Å²) in [5.74, 6) is 0.825. The number of rotatable bonds is 7. The van der Waals surface area contributed by atoms with Crippen LogP contribution < -0.4 is 14.8 Å². The van der Waals surface area contributed by atoms with Gasteiger partial charge in [0.15, 0.2) is 6.61 Å². The molecule has 2 aromatic carbocycles. The third-order valence-electron chi connectivity index (χ3n) is 5.22. The first-order chi connectivity index (χ1) is 14.5. The molecule has 7 nitrogen and oxygen atoms in total. The predicted octanol–water partition coefficient (Wildman–Crippen LogP) is 2.66.